The molecule has 0 aromatic heterocycles. The fourth-order valence-electron chi connectivity index (χ4n) is 3.95. The number of carbonyl (C=O) groups is 2. The molecule has 0 bridgehead atoms. The SMILES string of the molecule is Cc1ccc(C(N)=O)c(OCC(=O)Nc2ccc(S(=O)(=O)N3CC(C)CC(C)C3)cc2)c1. The van der Waals surface area contributed by atoms with Crippen molar-refractivity contribution in [3.63, 3.8) is 0 Å². The van der Waals surface area contributed by atoms with Crippen molar-refractivity contribution >= 4 is 27.5 Å². The quantitative estimate of drug-likeness (QED) is 0.660. The number of carbonyl (C=O) groups excluding carboxylic acids is 2. The van der Waals surface area contributed by atoms with Crippen LogP contribution in [0.3, 0.4) is 0 Å². The molecule has 0 aliphatic carbocycles. The number of sulfonamides is 1. The zero-order valence-corrected chi connectivity index (χ0v) is 19.3. The standard InChI is InChI=1S/C23H29N3O5S/c1-15-4-9-20(23(24)28)21(11-15)31-14-22(27)25-18-5-7-19(8-6-18)32(29,30)26-12-16(2)10-17(3)13-26/h4-9,11,16-17H,10,12-14H2,1-3H3,(H2,24,28)(H,25,27). The van der Waals surface area contributed by atoms with Crippen molar-refractivity contribution in [2.24, 2.45) is 17.6 Å². The summed E-state index contributed by atoms with van der Waals surface area (Å²) in [5.74, 6) is -0.226. The minimum atomic E-state index is -3.58. The Balaban J connectivity index is 1.63. The average molecular weight is 460 g/mol. The molecular formula is C23H29N3O5S. The first-order chi connectivity index (χ1) is 15.1. The van der Waals surface area contributed by atoms with E-state index in [1.165, 1.54) is 16.4 Å². The van der Waals surface area contributed by atoms with Gasteiger partial charge in [-0.3, -0.25) is 9.59 Å². The summed E-state index contributed by atoms with van der Waals surface area (Å²) in [6, 6.07) is 11.0. The summed E-state index contributed by atoms with van der Waals surface area (Å²) in [4.78, 5) is 24.0. The van der Waals surface area contributed by atoms with Crippen LogP contribution >= 0.6 is 0 Å². The van der Waals surface area contributed by atoms with Crippen molar-refractivity contribution in [1.29, 1.82) is 0 Å². The van der Waals surface area contributed by atoms with Crippen molar-refractivity contribution in [3.8, 4) is 5.75 Å². The maximum atomic E-state index is 13.0. The Morgan fingerprint density at radius 1 is 1.09 bits per heavy atom. The van der Waals surface area contributed by atoms with Crippen molar-refractivity contribution in [1.82, 2.24) is 4.31 Å². The van der Waals surface area contributed by atoms with Gasteiger partial charge in [-0.15, -0.1) is 0 Å². The minimum absolute atomic E-state index is 0.193. The minimum Gasteiger partial charge on any atom is -0.483 e. The van der Waals surface area contributed by atoms with E-state index >= 15 is 0 Å². The molecule has 8 nitrogen and oxygen atoms in total. The predicted molar refractivity (Wildman–Crippen MR) is 122 cm³/mol. The fourth-order valence-corrected chi connectivity index (χ4v) is 5.63. The Hall–Kier alpha value is -2.91. The summed E-state index contributed by atoms with van der Waals surface area (Å²) >= 11 is 0. The first-order valence-corrected chi connectivity index (χ1v) is 11.9. The van der Waals surface area contributed by atoms with E-state index in [9.17, 15) is 18.0 Å². The Kier molecular flexibility index (Phi) is 7.20. The van der Waals surface area contributed by atoms with Crippen LogP contribution in [0.5, 0.6) is 5.75 Å². The molecule has 172 valence electrons. The van der Waals surface area contributed by atoms with Crippen LogP contribution in [0.1, 0.15) is 36.2 Å². The molecule has 0 saturated carbocycles. The lowest BCUT2D eigenvalue weighted by Gasteiger charge is -2.34. The summed E-state index contributed by atoms with van der Waals surface area (Å²) in [6.45, 7) is 6.64. The molecule has 32 heavy (non-hydrogen) atoms. The third-order valence-electron chi connectivity index (χ3n) is 5.37. The van der Waals surface area contributed by atoms with Gasteiger partial charge in [-0.1, -0.05) is 19.9 Å². The highest BCUT2D eigenvalue weighted by Crippen LogP contribution is 2.27. The Bertz CT molecular complexity index is 1090. The summed E-state index contributed by atoms with van der Waals surface area (Å²) in [6.07, 6.45) is 1.02. The molecule has 1 saturated heterocycles. The van der Waals surface area contributed by atoms with Crippen LogP contribution in [0.2, 0.25) is 0 Å². The smallest absolute Gasteiger partial charge is 0.262 e. The number of hydrogen-bond acceptors (Lipinski definition) is 5. The van der Waals surface area contributed by atoms with Crippen molar-refractivity contribution in [2.45, 2.75) is 32.1 Å². The molecule has 1 heterocycles. The van der Waals surface area contributed by atoms with Crippen LogP contribution in [0.4, 0.5) is 5.69 Å². The second kappa shape index (κ2) is 9.70. The molecule has 2 amide bonds. The zero-order chi connectivity index (χ0) is 23.5. The molecule has 0 spiro atoms. The lowest BCUT2D eigenvalue weighted by molar-refractivity contribution is -0.118. The van der Waals surface area contributed by atoms with Crippen LogP contribution in [0.25, 0.3) is 0 Å². The number of amides is 2. The molecule has 2 atom stereocenters. The maximum absolute atomic E-state index is 13.0. The van der Waals surface area contributed by atoms with Gasteiger partial charge in [0.1, 0.15) is 5.75 Å². The van der Waals surface area contributed by atoms with E-state index in [1.54, 1.807) is 30.3 Å². The maximum Gasteiger partial charge on any atom is 0.262 e. The lowest BCUT2D eigenvalue weighted by atomic mass is 9.94. The van der Waals surface area contributed by atoms with Crippen LogP contribution in [-0.2, 0) is 14.8 Å². The number of rotatable bonds is 7. The monoisotopic (exact) mass is 459 g/mol. The zero-order valence-electron chi connectivity index (χ0n) is 18.5. The van der Waals surface area contributed by atoms with E-state index in [0.717, 1.165) is 12.0 Å². The highest BCUT2D eigenvalue weighted by Gasteiger charge is 2.31. The first kappa shape index (κ1) is 23.7. The number of nitrogens with two attached hydrogens (primary N) is 1. The second-order valence-electron chi connectivity index (χ2n) is 8.49. The van der Waals surface area contributed by atoms with Gasteiger partial charge in [-0.05, 0) is 67.1 Å². The number of aryl methyl sites for hydroxylation is 1. The third-order valence-corrected chi connectivity index (χ3v) is 7.22. The molecule has 9 heteroatoms. The largest absolute Gasteiger partial charge is 0.483 e. The first-order valence-electron chi connectivity index (χ1n) is 10.5. The summed E-state index contributed by atoms with van der Waals surface area (Å²) in [7, 11) is -3.58. The van der Waals surface area contributed by atoms with E-state index in [0.29, 0.717) is 30.6 Å². The number of primary amides is 1. The van der Waals surface area contributed by atoms with E-state index in [2.05, 4.69) is 19.2 Å². The molecule has 1 aliphatic rings. The molecule has 3 N–H and O–H groups in total. The molecule has 1 fully saturated rings. The topological polar surface area (TPSA) is 119 Å². The molecule has 2 unspecified atom stereocenters. The molecular weight excluding hydrogens is 430 g/mol. The van der Waals surface area contributed by atoms with Gasteiger partial charge in [0.25, 0.3) is 11.8 Å². The van der Waals surface area contributed by atoms with Crippen LogP contribution in [-0.4, -0.2) is 44.2 Å². The number of piperidine rings is 1. The number of anilines is 1. The highest BCUT2D eigenvalue weighted by atomic mass is 32.2. The molecule has 2 aromatic carbocycles. The Morgan fingerprint density at radius 3 is 2.31 bits per heavy atom. The highest BCUT2D eigenvalue weighted by molar-refractivity contribution is 7.89. The second-order valence-corrected chi connectivity index (χ2v) is 10.4. The summed E-state index contributed by atoms with van der Waals surface area (Å²) in [5.41, 5.74) is 6.84. The Morgan fingerprint density at radius 2 is 1.72 bits per heavy atom. The van der Waals surface area contributed by atoms with Gasteiger partial charge in [0.15, 0.2) is 6.61 Å². The van der Waals surface area contributed by atoms with Crippen molar-refractivity contribution < 1.29 is 22.7 Å². The van der Waals surface area contributed by atoms with Crippen LogP contribution in [0, 0.1) is 18.8 Å². The van der Waals surface area contributed by atoms with E-state index < -0.39 is 21.8 Å². The lowest BCUT2D eigenvalue weighted by Crippen LogP contribution is -2.42. The van der Waals surface area contributed by atoms with E-state index in [-0.39, 0.29) is 22.8 Å². The molecule has 3 rings (SSSR count). The number of nitrogens with one attached hydrogen (secondary N) is 1. The number of ether oxygens (including phenoxy) is 1. The van der Waals surface area contributed by atoms with Gasteiger partial charge in [0, 0.05) is 18.8 Å². The van der Waals surface area contributed by atoms with Gasteiger partial charge >= 0.3 is 0 Å². The normalized spacial score (nSPS) is 19.3. The number of nitrogens with zero attached hydrogens (tertiary/aromatic N) is 1. The van der Waals surface area contributed by atoms with Gasteiger partial charge in [-0.2, -0.15) is 4.31 Å². The third kappa shape index (κ3) is 5.66. The molecule has 1 aliphatic heterocycles. The van der Waals surface area contributed by atoms with Crippen molar-refractivity contribution in [3.05, 3.63) is 53.6 Å². The van der Waals surface area contributed by atoms with E-state index in [1.807, 2.05) is 6.92 Å². The van der Waals surface area contributed by atoms with Gasteiger partial charge in [0.2, 0.25) is 10.0 Å². The summed E-state index contributed by atoms with van der Waals surface area (Å²) in [5, 5.41) is 2.66. The van der Waals surface area contributed by atoms with Crippen molar-refractivity contribution in [2.75, 3.05) is 25.0 Å². The summed E-state index contributed by atoms with van der Waals surface area (Å²) < 4.78 is 32.9. The van der Waals surface area contributed by atoms with Crippen LogP contribution < -0.4 is 15.8 Å². The Labute approximate surface area is 188 Å². The average Bonchev–Trinajstić information content (AvgIpc) is 2.72. The van der Waals surface area contributed by atoms with Gasteiger partial charge in [0.05, 0.1) is 10.5 Å². The van der Waals surface area contributed by atoms with E-state index in [4.69, 9.17) is 10.5 Å². The molecule has 0 radical (unpaired) electrons. The fraction of sp³-hybridized carbons (Fsp3) is 0.391. The predicted octanol–water partition coefficient (Wildman–Crippen LogP) is 2.78. The molecule has 2 aromatic rings. The number of benzene rings is 2. The van der Waals surface area contributed by atoms with Gasteiger partial charge < -0.3 is 15.8 Å². The number of hydrogen-bond donors (Lipinski definition) is 2. The van der Waals surface area contributed by atoms with Gasteiger partial charge in [-0.25, -0.2) is 8.42 Å². The van der Waals surface area contributed by atoms with Crippen LogP contribution in [0.15, 0.2) is 47.4 Å².